The predicted octanol–water partition coefficient (Wildman–Crippen LogP) is 9.99. The summed E-state index contributed by atoms with van der Waals surface area (Å²) in [5.74, 6) is 1.90. The third-order valence-electron chi connectivity index (χ3n) is 8.94. The SMILES string of the molecule is CCCC(CN1CCCCCCc2ccccc2-c2nc(sc2-c2cccc(OCCC(C)(C)C)c2)NSc2cccc1n2)c1noc(=O)[nH]1. The van der Waals surface area contributed by atoms with Gasteiger partial charge in [0.2, 0.25) is 0 Å². The molecule has 0 saturated heterocycles. The lowest BCUT2D eigenvalue weighted by Gasteiger charge is -2.28. The minimum atomic E-state index is -0.514. The van der Waals surface area contributed by atoms with Crippen LogP contribution in [0, 0.1) is 5.41 Å². The van der Waals surface area contributed by atoms with Gasteiger partial charge in [0.05, 0.1) is 17.2 Å². The van der Waals surface area contributed by atoms with Crippen LogP contribution in [-0.4, -0.2) is 39.8 Å². The van der Waals surface area contributed by atoms with Crippen LogP contribution < -0.4 is 20.1 Å². The molecule has 0 fully saturated rings. The number of aryl methyl sites for hydroxylation is 1. The first-order chi connectivity index (χ1) is 24.3. The zero-order valence-electron chi connectivity index (χ0n) is 29.5. The summed E-state index contributed by atoms with van der Waals surface area (Å²) in [4.78, 5) is 28.3. The number of aromatic nitrogens is 4. The van der Waals surface area contributed by atoms with Crippen LogP contribution >= 0.6 is 23.3 Å². The molecule has 0 amide bonds. The van der Waals surface area contributed by atoms with Crippen LogP contribution in [0.15, 0.2) is 81.1 Å². The topological polar surface area (TPSA) is 109 Å². The number of rotatable bonds is 9. The van der Waals surface area contributed by atoms with Crippen LogP contribution in [0.25, 0.3) is 21.7 Å². The molecule has 1 aliphatic rings. The van der Waals surface area contributed by atoms with Gasteiger partial charge >= 0.3 is 5.76 Å². The number of nitrogens with zero attached hydrogens (tertiary/aromatic N) is 4. The number of ether oxygens (including phenoxy) is 1. The molecule has 2 aromatic carbocycles. The van der Waals surface area contributed by atoms with Gasteiger partial charge in [-0.3, -0.25) is 9.51 Å². The standard InChI is InChI=1S/C39H48N6O3S2/c1-5-14-29(36-42-38(46)48-43-36)26-45-23-11-7-6-8-15-27-16-9-10-19-31(27)34-35(28-17-12-18-30(25-28)47-24-22-39(2,3)4)49-37(41-34)44-50-33-21-13-20-32(45)40-33/h9-10,12-13,16-21,25,29H,5-8,11,14-15,22-24,26H2,1-4H3,(H,41,44)(H,42,43,46). The van der Waals surface area contributed by atoms with E-state index in [9.17, 15) is 4.79 Å². The molecule has 264 valence electrons. The van der Waals surface area contributed by atoms with E-state index in [4.69, 9.17) is 19.2 Å². The molecule has 4 heterocycles. The highest BCUT2D eigenvalue weighted by Crippen LogP contribution is 2.42. The average molecular weight is 713 g/mol. The van der Waals surface area contributed by atoms with Crippen molar-refractivity contribution in [3.8, 4) is 27.4 Å². The summed E-state index contributed by atoms with van der Waals surface area (Å²) < 4.78 is 14.6. The number of pyridine rings is 1. The third kappa shape index (κ3) is 9.57. The van der Waals surface area contributed by atoms with Gasteiger partial charge in [0, 0.05) is 36.5 Å². The summed E-state index contributed by atoms with van der Waals surface area (Å²) in [6.07, 6.45) is 8.21. The van der Waals surface area contributed by atoms with E-state index in [2.05, 4.69) is 102 Å². The van der Waals surface area contributed by atoms with Crippen molar-refractivity contribution in [3.05, 3.63) is 88.7 Å². The van der Waals surface area contributed by atoms with Crippen molar-refractivity contribution in [2.24, 2.45) is 5.41 Å². The number of aromatic amines is 1. The molecule has 1 unspecified atom stereocenters. The molecule has 4 bridgehead atoms. The number of H-pyrrole nitrogens is 1. The van der Waals surface area contributed by atoms with E-state index >= 15 is 0 Å². The van der Waals surface area contributed by atoms with Crippen molar-refractivity contribution in [1.29, 1.82) is 0 Å². The lowest BCUT2D eigenvalue weighted by Crippen LogP contribution is -2.31. The largest absolute Gasteiger partial charge is 0.494 e. The minimum Gasteiger partial charge on any atom is -0.494 e. The predicted molar refractivity (Wildman–Crippen MR) is 205 cm³/mol. The molecule has 1 atom stereocenters. The van der Waals surface area contributed by atoms with E-state index in [0.29, 0.717) is 19.0 Å². The molecule has 0 radical (unpaired) electrons. The molecular weight excluding hydrogens is 665 g/mol. The maximum absolute atomic E-state index is 11.8. The third-order valence-corrected chi connectivity index (χ3v) is 10.8. The zero-order valence-corrected chi connectivity index (χ0v) is 31.2. The van der Waals surface area contributed by atoms with Gasteiger partial charge in [-0.05, 0) is 72.9 Å². The molecule has 1 aliphatic heterocycles. The Morgan fingerprint density at radius 3 is 2.66 bits per heavy atom. The highest BCUT2D eigenvalue weighted by atomic mass is 32.2. The van der Waals surface area contributed by atoms with Gasteiger partial charge in [0.15, 0.2) is 11.0 Å². The van der Waals surface area contributed by atoms with E-state index in [1.807, 2.05) is 12.1 Å². The van der Waals surface area contributed by atoms with Crippen LogP contribution in [0.2, 0.25) is 0 Å². The van der Waals surface area contributed by atoms with E-state index < -0.39 is 5.76 Å². The quantitative estimate of drug-likeness (QED) is 0.144. The number of hydrogen-bond donors (Lipinski definition) is 2. The van der Waals surface area contributed by atoms with Gasteiger partial charge in [0.25, 0.3) is 0 Å². The molecule has 11 heteroatoms. The summed E-state index contributed by atoms with van der Waals surface area (Å²) in [6.45, 7) is 11.1. The Kier molecular flexibility index (Phi) is 12.0. The maximum Gasteiger partial charge on any atom is 0.438 e. The van der Waals surface area contributed by atoms with Crippen LogP contribution in [0.3, 0.4) is 0 Å². The normalized spacial score (nSPS) is 14.8. The molecule has 6 rings (SSSR count). The van der Waals surface area contributed by atoms with E-state index in [0.717, 1.165) is 95.8 Å². The molecule has 0 spiro atoms. The Morgan fingerprint density at radius 1 is 1.00 bits per heavy atom. The summed E-state index contributed by atoms with van der Waals surface area (Å²) >= 11 is 3.12. The van der Waals surface area contributed by atoms with Gasteiger partial charge in [-0.1, -0.05) is 106 Å². The first-order valence-corrected chi connectivity index (χ1v) is 19.4. The number of fused-ring (bicyclic) bond motifs is 6. The van der Waals surface area contributed by atoms with E-state index in [1.165, 1.54) is 23.1 Å². The monoisotopic (exact) mass is 712 g/mol. The fraction of sp³-hybridized carbons (Fsp3) is 0.436. The molecule has 3 aromatic heterocycles. The second-order valence-corrected chi connectivity index (χ2v) is 16.0. The molecule has 9 nitrogen and oxygen atoms in total. The fourth-order valence-corrected chi connectivity index (χ4v) is 7.91. The molecular formula is C39H48N6O3S2. The van der Waals surface area contributed by atoms with Crippen molar-refractivity contribution in [1.82, 2.24) is 20.1 Å². The molecule has 5 aromatic rings. The van der Waals surface area contributed by atoms with Crippen molar-refractivity contribution in [2.45, 2.75) is 90.0 Å². The Labute approximate surface area is 303 Å². The lowest BCUT2D eigenvalue weighted by molar-refractivity contribution is 0.243. The lowest BCUT2D eigenvalue weighted by atomic mass is 9.93. The summed E-state index contributed by atoms with van der Waals surface area (Å²) in [7, 11) is 0. The fourth-order valence-electron chi connectivity index (χ4n) is 6.26. The van der Waals surface area contributed by atoms with Crippen molar-refractivity contribution in [2.75, 3.05) is 29.3 Å². The van der Waals surface area contributed by atoms with Crippen molar-refractivity contribution in [3.63, 3.8) is 0 Å². The van der Waals surface area contributed by atoms with Gasteiger partial charge in [-0.15, -0.1) is 0 Å². The molecule has 0 aliphatic carbocycles. The zero-order chi connectivity index (χ0) is 34.9. The van der Waals surface area contributed by atoms with E-state index in [1.54, 1.807) is 11.3 Å². The number of hydrogen-bond acceptors (Lipinski definition) is 10. The van der Waals surface area contributed by atoms with E-state index in [-0.39, 0.29) is 11.3 Å². The molecule has 2 N–H and O–H groups in total. The number of nitrogens with one attached hydrogen (secondary N) is 2. The summed E-state index contributed by atoms with van der Waals surface area (Å²) in [5, 5.41) is 5.72. The average Bonchev–Trinajstić information content (AvgIpc) is 3.74. The highest BCUT2D eigenvalue weighted by Gasteiger charge is 2.22. The molecule has 50 heavy (non-hydrogen) atoms. The van der Waals surface area contributed by atoms with Crippen LogP contribution in [0.4, 0.5) is 10.9 Å². The first-order valence-electron chi connectivity index (χ1n) is 17.8. The highest BCUT2D eigenvalue weighted by molar-refractivity contribution is 8.00. The summed E-state index contributed by atoms with van der Waals surface area (Å²) in [5.41, 5.74) is 4.80. The second-order valence-electron chi connectivity index (χ2n) is 14.2. The van der Waals surface area contributed by atoms with Crippen LogP contribution in [0.1, 0.15) is 89.9 Å². The number of benzene rings is 2. The van der Waals surface area contributed by atoms with Gasteiger partial charge in [0.1, 0.15) is 16.6 Å². The first kappa shape index (κ1) is 35.7. The van der Waals surface area contributed by atoms with Gasteiger partial charge < -0.3 is 14.4 Å². The van der Waals surface area contributed by atoms with Gasteiger partial charge in [-0.2, -0.15) is 0 Å². The maximum atomic E-state index is 11.8. The van der Waals surface area contributed by atoms with Crippen LogP contribution in [-0.2, 0) is 6.42 Å². The summed E-state index contributed by atoms with van der Waals surface area (Å²) in [6, 6.07) is 23.3. The number of anilines is 2. The minimum absolute atomic E-state index is 0.0304. The van der Waals surface area contributed by atoms with Gasteiger partial charge in [-0.25, -0.2) is 14.8 Å². The van der Waals surface area contributed by atoms with Crippen molar-refractivity contribution >= 4 is 34.2 Å². The Hall–Kier alpha value is -4.09. The smallest absolute Gasteiger partial charge is 0.438 e. The Bertz CT molecular complexity index is 1890. The van der Waals surface area contributed by atoms with Crippen LogP contribution in [0.5, 0.6) is 5.75 Å². The Balaban J connectivity index is 1.30. The Morgan fingerprint density at radius 2 is 1.84 bits per heavy atom. The number of thiazole rings is 1. The molecule has 0 saturated carbocycles. The van der Waals surface area contributed by atoms with Crippen molar-refractivity contribution < 1.29 is 9.26 Å². The second kappa shape index (κ2) is 16.7.